The van der Waals surface area contributed by atoms with Crippen LogP contribution in [0.3, 0.4) is 0 Å². The summed E-state index contributed by atoms with van der Waals surface area (Å²) in [5.74, 6) is -0.947. The van der Waals surface area contributed by atoms with Crippen molar-refractivity contribution in [3.05, 3.63) is 12.2 Å². The maximum atomic E-state index is 10.8. The lowest BCUT2D eigenvalue weighted by atomic mass is 10.1. The molecule has 0 aliphatic carbocycles. The van der Waals surface area contributed by atoms with Gasteiger partial charge in [-0.2, -0.15) is 0 Å². The third-order valence-electron chi connectivity index (χ3n) is 3.61. The van der Waals surface area contributed by atoms with Crippen molar-refractivity contribution in [1.29, 1.82) is 0 Å². The van der Waals surface area contributed by atoms with Gasteiger partial charge >= 0.3 is 14.8 Å². The average Bonchev–Trinajstić information content (AvgIpc) is 2.45. The van der Waals surface area contributed by atoms with E-state index in [1.54, 1.807) is 21.3 Å². The maximum absolute atomic E-state index is 10.8. The molecule has 0 saturated carbocycles. The highest BCUT2D eigenvalue weighted by Gasteiger charge is 2.46. The number of unbranched alkanes of at least 4 members (excludes halogenated alkanes) is 2. The number of aliphatic carboxylic acids is 1. The van der Waals surface area contributed by atoms with Crippen LogP contribution in [-0.2, 0) is 18.1 Å². The van der Waals surface area contributed by atoms with E-state index in [0.717, 1.165) is 25.7 Å². The van der Waals surface area contributed by atoms with Crippen LogP contribution in [0.15, 0.2) is 12.2 Å². The molecule has 5 nitrogen and oxygen atoms in total. The summed E-state index contributed by atoms with van der Waals surface area (Å²) in [6.45, 7) is 5.72. The largest absolute Gasteiger partial charge is 0.503 e. The number of rotatable bonds is 12. The summed E-state index contributed by atoms with van der Waals surface area (Å²) < 4.78 is 16.6. The van der Waals surface area contributed by atoms with Gasteiger partial charge in [-0.05, 0) is 19.3 Å². The molecule has 0 fully saturated rings. The minimum absolute atomic E-state index is 0.102. The van der Waals surface area contributed by atoms with Crippen molar-refractivity contribution in [2.24, 2.45) is 0 Å². The molecule has 118 valence electrons. The summed E-state index contributed by atoms with van der Waals surface area (Å²) in [7, 11) is 2.05. The molecule has 0 aromatic carbocycles. The van der Waals surface area contributed by atoms with E-state index in [9.17, 15) is 4.79 Å². The molecule has 0 amide bonds. The third-order valence-corrected chi connectivity index (χ3v) is 6.89. The first-order valence-corrected chi connectivity index (χ1v) is 8.84. The first-order valence-electron chi connectivity index (χ1n) is 7.03. The minimum atomic E-state index is -2.73. The lowest BCUT2D eigenvalue weighted by Crippen LogP contribution is -2.47. The molecule has 20 heavy (non-hydrogen) atoms. The van der Waals surface area contributed by atoms with Crippen molar-refractivity contribution in [1.82, 2.24) is 0 Å². The fourth-order valence-electron chi connectivity index (χ4n) is 2.34. The first kappa shape index (κ1) is 19.3. The number of hydrogen-bond donors (Lipinski definition) is 1. The summed E-state index contributed by atoms with van der Waals surface area (Å²) in [4.78, 5) is 10.8. The Morgan fingerprint density at radius 1 is 1.15 bits per heavy atom. The molecule has 1 N–H and O–H groups in total. The fraction of sp³-hybridized carbons (Fsp3) is 0.786. The smallest absolute Gasteiger partial charge is 0.478 e. The van der Waals surface area contributed by atoms with E-state index in [2.05, 4.69) is 13.5 Å². The van der Waals surface area contributed by atoms with Crippen LogP contribution in [0.2, 0.25) is 5.54 Å². The van der Waals surface area contributed by atoms with Crippen LogP contribution in [0.25, 0.3) is 0 Å². The Morgan fingerprint density at radius 2 is 1.70 bits per heavy atom. The van der Waals surface area contributed by atoms with Gasteiger partial charge in [-0.25, -0.2) is 4.79 Å². The molecule has 6 heteroatoms. The Hall–Kier alpha value is -0.693. The highest BCUT2D eigenvalue weighted by atomic mass is 28.4. The predicted molar refractivity (Wildman–Crippen MR) is 80.7 cm³/mol. The van der Waals surface area contributed by atoms with Gasteiger partial charge in [0, 0.05) is 32.4 Å². The molecule has 1 unspecified atom stereocenters. The maximum Gasteiger partial charge on any atom is 0.503 e. The highest BCUT2D eigenvalue weighted by Crippen LogP contribution is 2.34. The van der Waals surface area contributed by atoms with Gasteiger partial charge in [0.25, 0.3) is 0 Å². The van der Waals surface area contributed by atoms with Gasteiger partial charge in [-0.1, -0.05) is 32.8 Å². The fourth-order valence-corrected chi connectivity index (χ4v) is 4.90. The SMILES string of the molecule is C=C(CCC(CCCCC)[Si](OC)(OC)OC)C(=O)O. The van der Waals surface area contributed by atoms with Crippen LogP contribution in [-0.4, -0.2) is 41.2 Å². The average molecular weight is 304 g/mol. The van der Waals surface area contributed by atoms with Gasteiger partial charge in [-0.15, -0.1) is 0 Å². The molecular weight excluding hydrogens is 276 g/mol. The van der Waals surface area contributed by atoms with Crippen molar-refractivity contribution in [2.45, 2.75) is 51.0 Å². The summed E-state index contributed by atoms with van der Waals surface area (Å²) in [5.41, 5.74) is 0.321. The van der Waals surface area contributed by atoms with Crippen molar-refractivity contribution < 1.29 is 23.2 Å². The van der Waals surface area contributed by atoms with Gasteiger partial charge in [0.1, 0.15) is 0 Å². The molecule has 0 saturated heterocycles. The second-order valence-corrected chi connectivity index (χ2v) is 8.10. The van der Waals surface area contributed by atoms with Gasteiger partial charge in [-0.3, -0.25) is 0 Å². The molecule has 0 rings (SSSR count). The zero-order valence-corrected chi connectivity index (χ0v) is 14.1. The first-order chi connectivity index (χ1) is 9.47. The molecule has 0 aliphatic heterocycles. The molecule has 1 atom stereocenters. The zero-order chi connectivity index (χ0) is 15.6. The minimum Gasteiger partial charge on any atom is -0.478 e. The third kappa shape index (κ3) is 5.74. The summed E-state index contributed by atoms with van der Waals surface area (Å²) in [5, 5.41) is 8.90. The Bertz CT molecular complexity index is 294. The van der Waals surface area contributed by atoms with E-state index in [-0.39, 0.29) is 11.1 Å². The van der Waals surface area contributed by atoms with E-state index in [1.807, 2.05) is 0 Å². The van der Waals surface area contributed by atoms with Crippen LogP contribution < -0.4 is 0 Å². The zero-order valence-electron chi connectivity index (χ0n) is 13.1. The van der Waals surface area contributed by atoms with Gasteiger partial charge in [0.05, 0.1) is 0 Å². The Labute approximate surface area is 123 Å². The van der Waals surface area contributed by atoms with Gasteiger partial charge < -0.3 is 18.4 Å². The van der Waals surface area contributed by atoms with E-state index in [4.69, 9.17) is 18.4 Å². The van der Waals surface area contributed by atoms with Crippen LogP contribution in [0.5, 0.6) is 0 Å². The van der Waals surface area contributed by atoms with E-state index in [1.165, 1.54) is 0 Å². The Kier molecular flexibility index (Phi) is 9.74. The molecule has 0 radical (unpaired) electrons. The Balaban J connectivity index is 4.77. The van der Waals surface area contributed by atoms with E-state index in [0.29, 0.717) is 12.8 Å². The number of carboxylic acid groups (broad SMARTS) is 1. The lowest BCUT2D eigenvalue weighted by molar-refractivity contribution is -0.132. The van der Waals surface area contributed by atoms with Crippen molar-refractivity contribution in [2.75, 3.05) is 21.3 Å². The molecule has 0 aromatic rings. The summed E-state index contributed by atoms with van der Waals surface area (Å²) >= 11 is 0. The number of hydrogen-bond acceptors (Lipinski definition) is 4. The Morgan fingerprint density at radius 3 is 2.10 bits per heavy atom. The van der Waals surface area contributed by atoms with Crippen LogP contribution in [0.4, 0.5) is 0 Å². The normalized spacial score (nSPS) is 13.2. The van der Waals surface area contributed by atoms with Crippen LogP contribution in [0.1, 0.15) is 45.4 Å². The van der Waals surface area contributed by atoms with Crippen molar-refractivity contribution >= 4 is 14.8 Å². The van der Waals surface area contributed by atoms with Gasteiger partial charge in [0.15, 0.2) is 0 Å². The van der Waals surface area contributed by atoms with Crippen LogP contribution >= 0.6 is 0 Å². The standard InChI is InChI=1S/C14H28O5Si/c1-6-7-8-9-13(11-10-12(2)14(15)16)20(17-3,18-4)19-5/h13H,2,6-11H2,1,3-5H3,(H,15,16). The molecule has 0 bridgehead atoms. The van der Waals surface area contributed by atoms with E-state index < -0.39 is 14.8 Å². The summed E-state index contributed by atoms with van der Waals surface area (Å²) in [6.07, 6.45) is 5.34. The number of carboxylic acids is 1. The van der Waals surface area contributed by atoms with Crippen molar-refractivity contribution in [3.8, 4) is 0 Å². The lowest BCUT2D eigenvalue weighted by Gasteiger charge is -2.32. The molecule has 0 heterocycles. The second-order valence-electron chi connectivity index (χ2n) is 4.86. The van der Waals surface area contributed by atoms with Gasteiger partial charge in [0.2, 0.25) is 0 Å². The molecule has 0 aromatic heterocycles. The van der Waals surface area contributed by atoms with Crippen LogP contribution in [0, 0.1) is 0 Å². The molecule has 0 spiro atoms. The topological polar surface area (TPSA) is 65.0 Å². The summed E-state index contributed by atoms with van der Waals surface area (Å²) in [6, 6.07) is 0. The monoisotopic (exact) mass is 304 g/mol. The molecular formula is C14H28O5Si. The number of carbonyl (C=O) groups is 1. The van der Waals surface area contributed by atoms with Crippen molar-refractivity contribution in [3.63, 3.8) is 0 Å². The quantitative estimate of drug-likeness (QED) is 0.341. The highest BCUT2D eigenvalue weighted by molar-refractivity contribution is 6.62. The molecule has 0 aliphatic rings. The predicted octanol–water partition coefficient (Wildman–Crippen LogP) is 3.24. The second kappa shape index (κ2) is 10.1. The van der Waals surface area contributed by atoms with E-state index >= 15 is 0 Å².